The van der Waals surface area contributed by atoms with Crippen LogP contribution in [-0.2, 0) is 11.2 Å². The van der Waals surface area contributed by atoms with E-state index in [1.165, 1.54) is 12.3 Å². The van der Waals surface area contributed by atoms with Crippen LogP contribution < -0.4 is 11.5 Å². The number of carbonyl (C=O) groups excluding carboxylic acids is 1. The van der Waals surface area contributed by atoms with Crippen molar-refractivity contribution in [2.24, 2.45) is 16.5 Å². The van der Waals surface area contributed by atoms with Gasteiger partial charge in [0.1, 0.15) is 5.82 Å². The lowest BCUT2D eigenvalue weighted by molar-refractivity contribution is -0.133. The van der Waals surface area contributed by atoms with Crippen molar-refractivity contribution in [1.82, 2.24) is 4.90 Å². The molecule has 0 bridgehead atoms. The third kappa shape index (κ3) is 4.97. The number of carbonyl (C=O) groups is 1. The van der Waals surface area contributed by atoms with E-state index in [-0.39, 0.29) is 30.4 Å². The molecule has 0 spiro atoms. The van der Waals surface area contributed by atoms with Gasteiger partial charge in [0.15, 0.2) is 11.6 Å². The van der Waals surface area contributed by atoms with Gasteiger partial charge in [0.05, 0.1) is 11.7 Å². The summed E-state index contributed by atoms with van der Waals surface area (Å²) in [6, 6.07) is 0.162. The van der Waals surface area contributed by atoms with Crippen LogP contribution in [0.4, 0.5) is 13.2 Å². The first-order valence-electron chi connectivity index (χ1n) is 8.56. The van der Waals surface area contributed by atoms with Crippen molar-refractivity contribution < 1.29 is 18.0 Å². The molecule has 0 saturated carbocycles. The smallest absolute Gasteiger partial charge is 0.224 e. The lowest BCUT2D eigenvalue weighted by Crippen LogP contribution is -2.46. The first kappa shape index (κ1) is 20.7. The maximum atomic E-state index is 13.8. The number of nitrogens with two attached hydrogens (primary N) is 2. The zero-order valence-electron chi connectivity index (χ0n) is 15.1. The molecule has 1 aromatic carbocycles. The molecule has 1 aromatic rings. The van der Waals surface area contributed by atoms with E-state index >= 15 is 0 Å². The van der Waals surface area contributed by atoms with Crippen LogP contribution in [0.25, 0.3) is 0 Å². The van der Waals surface area contributed by atoms with Crippen molar-refractivity contribution in [3.63, 3.8) is 0 Å². The van der Waals surface area contributed by atoms with Gasteiger partial charge < -0.3 is 16.4 Å². The molecule has 5 nitrogen and oxygen atoms in total. The lowest BCUT2D eigenvalue weighted by atomic mass is 10.00. The number of amides is 1. The molecule has 2 rings (SSSR count). The minimum atomic E-state index is -1.26. The van der Waals surface area contributed by atoms with E-state index in [1.54, 1.807) is 11.8 Å². The van der Waals surface area contributed by atoms with Gasteiger partial charge in [0, 0.05) is 43.4 Å². The van der Waals surface area contributed by atoms with E-state index in [9.17, 15) is 18.0 Å². The average Bonchev–Trinajstić information content (AvgIpc) is 2.59. The van der Waals surface area contributed by atoms with Gasteiger partial charge >= 0.3 is 0 Å². The minimum Gasteiger partial charge on any atom is -0.400 e. The predicted octanol–water partition coefficient (Wildman–Crippen LogP) is 2.41. The number of hydrogen-bond acceptors (Lipinski definition) is 4. The molecule has 0 aliphatic carbocycles. The van der Waals surface area contributed by atoms with Gasteiger partial charge in [-0.1, -0.05) is 12.7 Å². The molecule has 1 heterocycles. The predicted molar refractivity (Wildman–Crippen MR) is 98.3 cm³/mol. The van der Waals surface area contributed by atoms with Gasteiger partial charge in [0.25, 0.3) is 0 Å². The maximum Gasteiger partial charge on any atom is 0.224 e. The Morgan fingerprint density at radius 2 is 2.04 bits per heavy atom. The maximum absolute atomic E-state index is 13.8. The van der Waals surface area contributed by atoms with Crippen LogP contribution in [0.15, 0.2) is 41.2 Å². The molecule has 1 unspecified atom stereocenters. The fraction of sp³-hybridized carbons (Fsp3) is 0.368. The van der Waals surface area contributed by atoms with Gasteiger partial charge in [0.2, 0.25) is 5.91 Å². The largest absolute Gasteiger partial charge is 0.400 e. The van der Waals surface area contributed by atoms with Crippen molar-refractivity contribution in [3.05, 3.63) is 59.2 Å². The quantitative estimate of drug-likeness (QED) is 0.587. The number of allylic oxidation sites excluding steroid dienone is 1. The standard InChI is InChI=1S/C19H23F3N4O/c1-3-5-25-19-11(2)26(6-4-17(19)24)18(27)9-13(23)7-12-8-15(21)16(22)10-14(12)20/h3,5,8,10-11,13H,1,4,6-7,9,23-24H2,2H3/t11?,13-/m1/s1. The highest BCUT2D eigenvalue weighted by Gasteiger charge is 2.29. The van der Waals surface area contributed by atoms with Crippen LogP contribution in [0.1, 0.15) is 25.3 Å². The highest BCUT2D eigenvalue weighted by atomic mass is 19.2. The Balaban J connectivity index is 2.05. The Morgan fingerprint density at radius 1 is 1.37 bits per heavy atom. The molecule has 1 aliphatic heterocycles. The molecule has 146 valence electrons. The summed E-state index contributed by atoms with van der Waals surface area (Å²) in [5, 5.41) is 0. The summed E-state index contributed by atoms with van der Waals surface area (Å²) in [4.78, 5) is 18.5. The number of rotatable bonds is 6. The Labute approximate surface area is 156 Å². The van der Waals surface area contributed by atoms with E-state index in [2.05, 4.69) is 11.6 Å². The fourth-order valence-electron chi connectivity index (χ4n) is 3.06. The monoisotopic (exact) mass is 380 g/mol. The van der Waals surface area contributed by atoms with Crippen LogP contribution in [0.5, 0.6) is 0 Å². The summed E-state index contributed by atoms with van der Waals surface area (Å²) in [7, 11) is 0. The van der Waals surface area contributed by atoms with Crippen LogP contribution >= 0.6 is 0 Å². The lowest BCUT2D eigenvalue weighted by Gasteiger charge is -2.35. The van der Waals surface area contributed by atoms with Gasteiger partial charge in [-0.25, -0.2) is 13.2 Å². The van der Waals surface area contributed by atoms with Crippen LogP contribution in [-0.4, -0.2) is 35.7 Å². The SMILES string of the molecule is C=CC=NC1=C(N)CCN(C(=O)C[C@H](N)Cc2cc(F)c(F)cc2F)C1C. The minimum absolute atomic E-state index is 0.0682. The van der Waals surface area contributed by atoms with Gasteiger partial charge in [-0.3, -0.25) is 9.79 Å². The van der Waals surface area contributed by atoms with Crippen molar-refractivity contribution in [2.45, 2.75) is 38.3 Å². The van der Waals surface area contributed by atoms with Crippen molar-refractivity contribution in [3.8, 4) is 0 Å². The molecule has 0 radical (unpaired) electrons. The third-order valence-electron chi connectivity index (χ3n) is 4.46. The Kier molecular flexibility index (Phi) is 6.79. The highest BCUT2D eigenvalue weighted by molar-refractivity contribution is 5.78. The molecule has 0 fully saturated rings. The Hall–Kier alpha value is -2.61. The molecule has 1 aliphatic rings. The van der Waals surface area contributed by atoms with E-state index in [0.717, 1.165) is 6.07 Å². The van der Waals surface area contributed by atoms with E-state index in [4.69, 9.17) is 11.5 Å². The summed E-state index contributed by atoms with van der Waals surface area (Å²) in [5.41, 5.74) is 13.1. The zero-order chi connectivity index (χ0) is 20.1. The molecule has 1 amide bonds. The molecule has 2 atom stereocenters. The van der Waals surface area contributed by atoms with E-state index < -0.39 is 23.5 Å². The molecule has 4 N–H and O–H groups in total. The molecule has 0 aromatic heterocycles. The summed E-state index contributed by atoms with van der Waals surface area (Å²) in [6.45, 7) is 5.78. The molecule has 8 heteroatoms. The first-order valence-corrected chi connectivity index (χ1v) is 8.56. The van der Waals surface area contributed by atoms with Crippen molar-refractivity contribution in [2.75, 3.05) is 6.54 Å². The topological polar surface area (TPSA) is 84.7 Å². The van der Waals surface area contributed by atoms with Crippen LogP contribution in [0, 0.1) is 17.5 Å². The fourth-order valence-corrected chi connectivity index (χ4v) is 3.06. The normalized spacial score (nSPS) is 18.9. The van der Waals surface area contributed by atoms with Gasteiger partial charge in [-0.2, -0.15) is 0 Å². The van der Waals surface area contributed by atoms with Crippen LogP contribution in [0.3, 0.4) is 0 Å². The second-order valence-electron chi connectivity index (χ2n) is 6.46. The molecule has 0 saturated heterocycles. The van der Waals surface area contributed by atoms with Gasteiger partial charge in [-0.15, -0.1) is 0 Å². The number of hydrogen-bond donors (Lipinski definition) is 2. The Morgan fingerprint density at radius 3 is 2.70 bits per heavy atom. The summed E-state index contributed by atoms with van der Waals surface area (Å²) < 4.78 is 40.1. The number of aliphatic imine (C=N–C) groups is 1. The number of nitrogens with zero attached hydrogens (tertiary/aromatic N) is 2. The molecular formula is C19H23F3N4O. The third-order valence-corrected chi connectivity index (χ3v) is 4.46. The number of halogens is 3. The summed E-state index contributed by atoms with van der Waals surface area (Å²) in [5.74, 6) is -3.54. The molecular weight excluding hydrogens is 357 g/mol. The van der Waals surface area contributed by atoms with Crippen LogP contribution in [0.2, 0.25) is 0 Å². The summed E-state index contributed by atoms with van der Waals surface area (Å²) in [6.07, 6.45) is 3.34. The zero-order valence-corrected chi connectivity index (χ0v) is 15.1. The van der Waals surface area contributed by atoms with Crippen molar-refractivity contribution >= 4 is 12.1 Å². The second kappa shape index (κ2) is 8.85. The van der Waals surface area contributed by atoms with E-state index in [1.807, 2.05) is 0 Å². The summed E-state index contributed by atoms with van der Waals surface area (Å²) >= 11 is 0. The molecule has 27 heavy (non-hydrogen) atoms. The van der Waals surface area contributed by atoms with Gasteiger partial charge in [-0.05, 0) is 25.0 Å². The second-order valence-corrected chi connectivity index (χ2v) is 6.46. The Bertz CT molecular complexity index is 791. The highest BCUT2D eigenvalue weighted by Crippen LogP contribution is 2.23. The van der Waals surface area contributed by atoms with Crippen molar-refractivity contribution in [1.29, 1.82) is 0 Å². The average molecular weight is 380 g/mol. The number of benzene rings is 1. The first-order chi connectivity index (χ1) is 12.7. The van der Waals surface area contributed by atoms with E-state index in [0.29, 0.717) is 30.4 Å².